The minimum Gasteiger partial charge on any atom is -0.496 e. The first-order valence-electron chi connectivity index (χ1n) is 14.3. The molecule has 5 rings (SSSR count). The van der Waals surface area contributed by atoms with Gasteiger partial charge >= 0.3 is 5.69 Å². The second kappa shape index (κ2) is 14.1. The number of ether oxygens (including phenoxy) is 3. The first-order valence-corrected chi connectivity index (χ1v) is 14.6. The highest BCUT2D eigenvalue weighted by Gasteiger charge is 2.26. The van der Waals surface area contributed by atoms with E-state index in [1.807, 2.05) is 0 Å². The Balaban J connectivity index is 1.54. The van der Waals surface area contributed by atoms with Gasteiger partial charge in [0.1, 0.15) is 31.5 Å². The summed E-state index contributed by atoms with van der Waals surface area (Å²) >= 11 is 5.94. The number of fused-ring (bicyclic) bond motifs is 1. The van der Waals surface area contributed by atoms with Gasteiger partial charge in [-0.05, 0) is 54.8 Å². The Labute approximate surface area is 261 Å². The maximum Gasteiger partial charge on any atom is 0.332 e. The summed E-state index contributed by atoms with van der Waals surface area (Å²) in [7, 11) is 1.49. The van der Waals surface area contributed by atoms with Gasteiger partial charge in [-0.25, -0.2) is 18.0 Å². The number of aromatic nitrogens is 2. The summed E-state index contributed by atoms with van der Waals surface area (Å²) in [5, 5.41) is 0.525. The Morgan fingerprint density at radius 2 is 1.71 bits per heavy atom. The smallest absolute Gasteiger partial charge is 0.332 e. The van der Waals surface area contributed by atoms with Gasteiger partial charge in [0.2, 0.25) is 6.41 Å². The summed E-state index contributed by atoms with van der Waals surface area (Å²) in [4.78, 5) is 40.6. The number of halogens is 4. The van der Waals surface area contributed by atoms with Crippen LogP contribution in [-0.2, 0) is 17.9 Å². The lowest BCUT2D eigenvalue weighted by Gasteiger charge is -2.31. The molecule has 1 aliphatic rings. The van der Waals surface area contributed by atoms with Crippen LogP contribution in [0.1, 0.15) is 30.0 Å². The molecule has 1 aliphatic heterocycles. The molecule has 1 amide bonds. The number of hydrogen-bond donors (Lipinski definition) is 0. The maximum atomic E-state index is 15.2. The third-order valence-electron chi connectivity index (χ3n) is 7.77. The monoisotopic (exact) mass is 645 g/mol. The quantitative estimate of drug-likeness (QED) is 0.200. The maximum absolute atomic E-state index is 15.2. The highest BCUT2D eigenvalue weighted by atomic mass is 35.5. The van der Waals surface area contributed by atoms with Crippen molar-refractivity contribution in [3.8, 4) is 17.2 Å². The van der Waals surface area contributed by atoms with E-state index < -0.39 is 48.3 Å². The van der Waals surface area contributed by atoms with Gasteiger partial charge in [-0.1, -0.05) is 23.7 Å². The number of amides is 1. The van der Waals surface area contributed by atoms with E-state index in [1.54, 1.807) is 47.4 Å². The van der Waals surface area contributed by atoms with E-state index in [0.717, 1.165) is 23.1 Å². The van der Waals surface area contributed by atoms with Gasteiger partial charge in [-0.2, -0.15) is 0 Å². The van der Waals surface area contributed by atoms with Crippen molar-refractivity contribution in [1.29, 1.82) is 0 Å². The van der Waals surface area contributed by atoms with Crippen LogP contribution >= 0.6 is 11.6 Å². The Hall–Kier alpha value is -4.45. The Kier molecular flexibility index (Phi) is 10.0. The van der Waals surface area contributed by atoms with Crippen molar-refractivity contribution in [2.75, 3.05) is 33.5 Å². The molecule has 13 heteroatoms. The topological polar surface area (TPSA) is 92.0 Å². The molecule has 3 aromatic carbocycles. The van der Waals surface area contributed by atoms with Crippen molar-refractivity contribution >= 4 is 28.9 Å². The van der Waals surface area contributed by atoms with E-state index in [9.17, 15) is 23.2 Å². The van der Waals surface area contributed by atoms with Crippen molar-refractivity contribution < 1.29 is 32.2 Å². The number of nitrogens with zero attached hydrogens (tertiary/aromatic N) is 3. The fraction of sp³-hybridized carbons (Fsp3) is 0.344. The standard InChI is InChI=1S/C32H31ClF3N3O6/c1-43-29-12-20(2-3-21(29)18-44-24-6-4-22(33)5-7-24)17-38-31(41)26-13-30(45-25(15-34)16-35)27(36)14-28(26)39(32(38)42)23-8-10-37(19-40)11-9-23/h2-7,12-14,19,23,25H,8-11,15-18H2,1H3. The van der Waals surface area contributed by atoms with Crippen molar-refractivity contribution in [2.24, 2.45) is 0 Å². The van der Waals surface area contributed by atoms with Gasteiger partial charge in [0.25, 0.3) is 5.56 Å². The minimum absolute atomic E-state index is 0.0278. The summed E-state index contributed by atoms with van der Waals surface area (Å²) < 4.78 is 60.5. The number of carbonyl (C=O) groups excluding carboxylic acids is 1. The Bertz CT molecular complexity index is 1780. The van der Waals surface area contributed by atoms with Crippen molar-refractivity contribution in [3.05, 3.63) is 97.4 Å². The molecule has 0 aliphatic carbocycles. The van der Waals surface area contributed by atoms with Crippen molar-refractivity contribution in [3.63, 3.8) is 0 Å². The molecule has 238 valence electrons. The Morgan fingerprint density at radius 3 is 2.36 bits per heavy atom. The van der Waals surface area contributed by atoms with Gasteiger partial charge in [0.15, 0.2) is 17.7 Å². The van der Waals surface area contributed by atoms with E-state index in [1.165, 1.54) is 11.7 Å². The first kappa shape index (κ1) is 32.0. The minimum atomic E-state index is -1.55. The molecule has 0 N–H and O–H groups in total. The lowest BCUT2D eigenvalue weighted by atomic mass is 10.0. The number of hydrogen-bond acceptors (Lipinski definition) is 6. The van der Waals surface area contributed by atoms with Crippen LogP contribution in [0.2, 0.25) is 5.02 Å². The number of piperidine rings is 1. The fourth-order valence-electron chi connectivity index (χ4n) is 5.38. The zero-order chi connectivity index (χ0) is 32.1. The molecule has 0 atom stereocenters. The zero-order valence-corrected chi connectivity index (χ0v) is 25.1. The molecule has 45 heavy (non-hydrogen) atoms. The van der Waals surface area contributed by atoms with Crippen LogP contribution < -0.4 is 25.5 Å². The van der Waals surface area contributed by atoms with Gasteiger partial charge in [-0.3, -0.25) is 18.7 Å². The average molecular weight is 646 g/mol. The van der Waals surface area contributed by atoms with E-state index in [-0.39, 0.29) is 24.1 Å². The SMILES string of the molecule is COc1cc(Cn2c(=O)c3cc(OC(CF)CF)c(F)cc3n(C3CCN(C=O)CC3)c2=O)ccc1COc1ccc(Cl)cc1. The molecule has 0 spiro atoms. The molecule has 0 radical (unpaired) electrons. The van der Waals surface area contributed by atoms with Gasteiger partial charge in [-0.15, -0.1) is 0 Å². The van der Waals surface area contributed by atoms with Gasteiger partial charge in [0.05, 0.1) is 24.6 Å². The third-order valence-corrected chi connectivity index (χ3v) is 8.03. The van der Waals surface area contributed by atoms with Crippen LogP contribution in [0.15, 0.2) is 64.2 Å². The number of rotatable bonds is 12. The molecule has 2 heterocycles. The lowest BCUT2D eigenvalue weighted by Crippen LogP contribution is -2.44. The summed E-state index contributed by atoms with van der Waals surface area (Å²) in [6.07, 6.45) is -0.0284. The summed E-state index contributed by atoms with van der Waals surface area (Å²) in [5.41, 5.74) is -0.0809. The predicted molar refractivity (Wildman–Crippen MR) is 163 cm³/mol. The molecular formula is C32H31ClF3N3O6. The van der Waals surface area contributed by atoms with Gasteiger partial charge < -0.3 is 19.1 Å². The molecule has 0 saturated carbocycles. The van der Waals surface area contributed by atoms with Crippen LogP contribution in [-0.4, -0.2) is 60.1 Å². The van der Waals surface area contributed by atoms with Crippen LogP contribution in [0.25, 0.3) is 10.9 Å². The van der Waals surface area contributed by atoms with E-state index >= 15 is 4.39 Å². The summed E-state index contributed by atoms with van der Waals surface area (Å²) in [5.74, 6) is -0.389. The molecule has 0 bridgehead atoms. The fourth-order valence-corrected chi connectivity index (χ4v) is 5.50. The number of methoxy groups -OCH3 is 1. The molecule has 4 aromatic rings. The summed E-state index contributed by atoms with van der Waals surface area (Å²) in [6.45, 7) is -1.63. The van der Waals surface area contributed by atoms with Crippen LogP contribution in [0.5, 0.6) is 17.2 Å². The third kappa shape index (κ3) is 6.95. The Morgan fingerprint density at radius 1 is 1.00 bits per heavy atom. The van der Waals surface area contributed by atoms with Gasteiger partial charge in [0, 0.05) is 35.8 Å². The molecule has 0 unspecified atom stereocenters. The molecule has 1 saturated heterocycles. The summed E-state index contributed by atoms with van der Waals surface area (Å²) in [6, 6.07) is 13.7. The van der Waals surface area contributed by atoms with E-state index in [2.05, 4.69) is 0 Å². The van der Waals surface area contributed by atoms with Crippen molar-refractivity contribution in [2.45, 2.75) is 38.1 Å². The molecule has 9 nitrogen and oxygen atoms in total. The van der Waals surface area contributed by atoms with Crippen LogP contribution in [0, 0.1) is 5.82 Å². The van der Waals surface area contributed by atoms with E-state index in [0.29, 0.717) is 53.6 Å². The zero-order valence-electron chi connectivity index (χ0n) is 24.4. The first-order chi connectivity index (χ1) is 21.8. The molecule has 1 aromatic heterocycles. The largest absolute Gasteiger partial charge is 0.496 e. The predicted octanol–water partition coefficient (Wildman–Crippen LogP) is 5.07. The normalized spacial score (nSPS) is 13.8. The number of likely N-dealkylation sites (tertiary alicyclic amines) is 1. The number of carbonyl (C=O) groups is 1. The highest BCUT2D eigenvalue weighted by Crippen LogP contribution is 2.29. The number of benzene rings is 3. The second-order valence-corrected chi connectivity index (χ2v) is 11.1. The van der Waals surface area contributed by atoms with E-state index in [4.69, 9.17) is 25.8 Å². The lowest BCUT2D eigenvalue weighted by molar-refractivity contribution is -0.119. The molecular weight excluding hydrogens is 615 g/mol. The molecule has 1 fully saturated rings. The van der Waals surface area contributed by atoms with Crippen LogP contribution in [0.4, 0.5) is 13.2 Å². The number of alkyl halides is 2. The average Bonchev–Trinajstić information content (AvgIpc) is 3.06. The van der Waals surface area contributed by atoms with Crippen molar-refractivity contribution in [1.82, 2.24) is 14.0 Å². The second-order valence-electron chi connectivity index (χ2n) is 10.7. The van der Waals surface area contributed by atoms with Crippen LogP contribution in [0.3, 0.4) is 0 Å². The highest BCUT2D eigenvalue weighted by molar-refractivity contribution is 6.30.